The number of nitrogens with zero attached hydrogens (tertiary/aromatic N) is 2. The zero-order valence-electron chi connectivity index (χ0n) is 14.1. The van der Waals surface area contributed by atoms with Gasteiger partial charge >= 0.3 is 0 Å². The predicted molar refractivity (Wildman–Crippen MR) is 92.7 cm³/mol. The second-order valence-electron chi connectivity index (χ2n) is 7.10. The van der Waals surface area contributed by atoms with Gasteiger partial charge in [-0.1, -0.05) is 30.3 Å². The molecule has 0 radical (unpaired) electrons. The zero-order valence-corrected chi connectivity index (χ0v) is 14.1. The molecule has 0 spiro atoms. The molecule has 126 valence electrons. The summed E-state index contributed by atoms with van der Waals surface area (Å²) in [5.41, 5.74) is 1.45. The van der Waals surface area contributed by atoms with E-state index in [1.807, 2.05) is 6.07 Å². The maximum Gasteiger partial charge on any atom is 0.137 e. The van der Waals surface area contributed by atoms with Crippen molar-refractivity contribution in [1.82, 2.24) is 9.88 Å². The summed E-state index contributed by atoms with van der Waals surface area (Å²) in [6.07, 6.45) is 7.34. The Labute approximate surface area is 143 Å². The molecule has 1 aromatic carbocycles. The van der Waals surface area contributed by atoms with E-state index in [-0.39, 0.29) is 0 Å². The second-order valence-corrected chi connectivity index (χ2v) is 7.10. The minimum atomic E-state index is -0.791. The van der Waals surface area contributed by atoms with Crippen molar-refractivity contribution in [2.45, 2.75) is 49.9 Å². The van der Waals surface area contributed by atoms with Gasteiger partial charge in [0, 0.05) is 30.4 Å². The van der Waals surface area contributed by atoms with Crippen molar-refractivity contribution in [2.75, 3.05) is 7.11 Å². The van der Waals surface area contributed by atoms with Crippen LogP contribution < -0.4 is 4.74 Å². The Hall–Kier alpha value is -1.91. The second kappa shape index (κ2) is 6.19. The number of fused-ring (bicyclic) bond motifs is 2. The molecule has 2 aliphatic heterocycles. The van der Waals surface area contributed by atoms with Crippen LogP contribution in [-0.4, -0.2) is 34.2 Å². The van der Waals surface area contributed by atoms with E-state index >= 15 is 0 Å². The van der Waals surface area contributed by atoms with E-state index in [2.05, 4.69) is 40.2 Å². The Morgan fingerprint density at radius 2 is 1.88 bits per heavy atom. The van der Waals surface area contributed by atoms with Crippen LogP contribution in [0, 0.1) is 0 Å². The van der Waals surface area contributed by atoms with E-state index in [0.717, 1.165) is 37.8 Å². The topological polar surface area (TPSA) is 45.6 Å². The molecular formula is C20H24N2O2. The number of aliphatic hydroxyl groups is 1. The summed E-state index contributed by atoms with van der Waals surface area (Å²) in [5.74, 6) is 0.708. The average molecular weight is 324 g/mol. The van der Waals surface area contributed by atoms with E-state index in [4.69, 9.17) is 4.74 Å². The summed E-state index contributed by atoms with van der Waals surface area (Å²) in [6.45, 7) is 0.975. The highest BCUT2D eigenvalue weighted by atomic mass is 16.5. The van der Waals surface area contributed by atoms with E-state index in [1.165, 1.54) is 5.56 Å². The van der Waals surface area contributed by atoms with E-state index in [1.54, 1.807) is 19.5 Å². The lowest BCUT2D eigenvalue weighted by molar-refractivity contribution is -0.0598. The summed E-state index contributed by atoms with van der Waals surface area (Å²) < 4.78 is 5.28. The van der Waals surface area contributed by atoms with Crippen molar-refractivity contribution >= 4 is 0 Å². The first-order valence-corrected chi connectivity index (χ1v) is 8.69. The molecule has 3 heterocycles. The molecule has 0 amide bonds. The first-order valence-electron chi connectivity index (χ1n) is 8.69. The minimum Gasteiger partial charge on any atom is -0.495 e. The van der Waals surface area contributed by atoms with Gasteiger partial charge in [-0.15, -0.1) is 0 Å². The normalized spacial score (nSPS) is 29.6. The van der Waals surface area contributed by atoms with Crippen LogP contribution in [-0.2, 0) is 12.1 Å². The number of hydrogen-bond donors (Lipinski definition) is 1. The maximum atomic E-state index is 11.3. The Morgan fingerprint density at radius 3 is 2.54 bits per heavy atom. The first kappa shape index (κ1) is 15.6. The quantitative estimate of drug-likeness (QED) is 0.939. The third-order valence-corrected chi connectivity index (χ3v) is 5.61. The summed E-state index contributed by atoms with van der Waals surface area (Å²) >= 11 is 0. The van der Waals surface area contributed by atoms with Gasteiger partial charge in [-0.2, -0.15) is 0 Å². The van der Waals surface area contributed by atoms with Gasteiger partial charge in [0.1, 0.15) is 5.75 Å². The molecule has 0 saturated carbocycles. The predicted octanol–water partition coefficient (Wildman–Crippen LogP) is 3.10. The molecule has 24 heavy (non-hydrogen) atoms. The molecule has 2 aromatic rings. The van der Waals surface area contributed by atoms with E-state index in [9.17, 15) is 5.11 Å². The molecule has 0 aliphatic carbocycles. The van der Waals surface area contributed by atoms with Gasteiger partial charge in [0.25, 0.3) is 0 Å². The fourth-order valence-corrected chi connectivity index (χ4v) is 4.39. The van der Waals surface area contributed by atoms with Crippen LogP contribution in [0.3, 0.4) is 0 Å². The number of methoxy groups -OCH3 is 1. The highest BCUT2D eigenvalue weighted by Gasteiger charge is 2.48. The Bertz CT molecular complexity index is 690. The molecule has 1 aromatic heterocycles. The number of piperidine rings is 1. The average Bonchev–Trinajstić information content (AvgIpc) is 2.86. The highest BCUT2D eigenvalue weighted by Crippen LogP contribution is 2.46. The molecular weight excluding hydrogens is 300 g/mol. The standard InChI is InChI=1S/C20H24N2O2/c1-24-19-9-16(12-21-13-19)20(23)10-17-7-8-18(11-20)22(17)14-15-5-3-2-4-6-15/h2-6,9,12-13,17-18,23H,7-8,10-11,14H2,1H3. The molecule has 4 rings (SSSR count). The number of benzene rings is 1. The first-order chi connectivity index (χ1) is 11.7. The number of ether oxygens (including phenoxy) is 1. The molecule has 2 fully saturated rings. The third-order valence-electron chi connectivity index (χ3n) is 5.61. The van der Waals surface area contributed by atoms with Crippen LogP contribution in [0.2, 0.25) is 0 Å². The molecule has 4 heteroatoms. The zero-order chi connectivity index (χ0) is 16.6. The minimum absolute atomic E-state index is 0.431. The molecule has 2 bridgehead atoms. The molecule has 1 N–H and O–H groups in total. The van der Waals surface area contributed by atoms with Gasteiger partial charge in [-0.05, 0) is 37.3 Å². The van der Waals surface area contributed by atoms with Gasteiger partial charge < -0.3 is 9.84 Å². The fourth-order valence-electron chi connectivity index (χ4n) is 4.39. The number of hydrogen-bond acceptors (Lipinski definition) is 4. The van der Waals surface area contributed by atoms with Crippen molar-refractivity contribution in [2.24, 2.45) is 0 Å². The number of aromatic nitrogens is 1. The Morgan fingerprint density at radius 1 is 1.17 bits per heavy atom. The van der Waals surface area contributed by atoms with Crippen LogP contribution in [0.5, 0.6) is 5.75 Å². The lowest BCUT2D eigenvalue weighted by Gasteiger charge is -2.44. The summed E-state index contributed by atoms with van der Waals surface area (Å²) in [4.78, 5) is 6.82. The van der Waals surface area contributed by atoms with Gasteiger partial charge in [-0.3, -0.25) is 9.88 Å². The fraction of sp³-hybridized carbons (Fsp3) is 0.450. The Kier molecular flexibility index (Phi) is 4.02. The molecule has 2 aliphatic rings. The SMILES string of the molecule is COc1cncc(C2(O)CC3CCC(C2)N3Cc2ccccc2)c1. The maximum absolute atomic E-state index is 11.3. The lowest BCUT2D eigenvalue weighted by Crippen LogP contribution is -2.49. The van der Waals surface area contributed by atoms with Crippen LogP contribution in [0.15, 0.2) is 48.8 Å². The van der Waals surface area contributed by atoms with Gasteiger partial charge in [0.2, 0.25) is 0 Å². The van der Waals surface area contributed by atoms with Crippen LogP contribution >= 0.6 is 0 Å². The van der Waals surface area contributed by atoms with E-state index < -0.39 is 5.60 Å². The lowest BCUT2D eigenvalue weighted by atomic mass is 9.81. The van der Waals surface area contributed by atoms with Gasteiger partial charge in [-0.25, -0.2) is 0 Å². The number of rotatable bonds is 4. The van der Waals surface area contributed by atoms with Gasteiger partial charge in [0.15, 0.2) is 0 Å². The van der Waals surface area contributed by atoms with Crippen LogP contribution in [0.1, 0.15) is 36.8 Å². The smallest absolute Gasteiger partial charge is 0.137 e. The molecule has 2 unspecified atom stereocenters. The molecule has 4 nitrogen and oxygen atoms in total. The molecule has 2 atom stereocenters. The summed E-state index contributed by atoms with van der Waals surface area (Å²) in [5, 5.41) is 11.3. The van der Waals surface area contributed by atoms with Crippen molar-refractivity contribution in [3.8, 4) is 5.75 Å². The highest BCUT2D eigenvalue weighted by molar-refractivity contribution is 5.30. The van der Waals surface area contributed by atoms with Crippen molar-refractivity contribution in [3.63, 3.8) is 0 Å². The van der Waals surface area contributed by atoms with E-state index in [0.29, 0.717) is 17.8 Å². The summed E-state index contributed by atoms with van der Waals surface area (Å²) in [6, 6.07) is 13.4. The largest absolute Gasteiger partial charge is 0.495 e. The van der Waals surface area contributed by atoms with Gasteiger partial charge in [0.05, 0.1) is 18.9 Å². The van der Waals surface area contributed by atoms with Crippen LogP contribution in [0.4, 0.5) is 0 Å². The van der Waals surface area contributed by atoms with Crippen molar-refractivity contribution in [3.05, 3.63) is 59.9 Å². The third kappa shape index (κ3) is 2.80. The summed E-state index contributed by atoms with van der Waals surface area (Å²) in [7, 11) is 1.64. The van der Waals surface area contributed by atoms with Crippen molar-refractivity contribution in [1.29, 1.82) is 0 Å². The van der Waals surface area contributed by atoms with Crippen LogP contribution in [0.25, 0.3) is 0 Å². The molecule has 2 saturated heterocycles. The monoisotopic (exact) mass is 324 g/mol. The van der Waals surface area contributed by atoms with Crippen molar-refractivity contribution < 1.29 is 9.84 Å². The Balaban J connectivity index is 1.55. The number of pyridine rings is 1.